The summed E-state index contributed by atoms with van der Waals surface area (Å²) in [4.78, 5) is 4.04. The summed E-state index contributed by atoms with van der Waals surface area (Å²) in [5.74, 6) is 1.29. The molecule has 0 amide bonds. The normalized spacial score (nSPS) is 23.8. The predicted octanol–water partition coefficient (Wildman–Crippen LogP) is 2.66. The Balaban J connectivity index is 1.68. The highest BCUT2D eigenvalue weighted by Crippen LogP contribution is 2.19. The number of thioether (sulfide) groups is 1. The van der Waals surface area contributed by atoms with E-state index in [-0.39, 0.29) is 0 Å². The molecule has 0 spiro atoms. The van der Waals surface area contributed by atoms with E-state index in [1.165, 1.54) is 23.7 Å². The molecule has 1 fully saturated rings. The van der Waals surface area contributed by atoms with Crippen LogP contribution in [-0.2, 0) is 6.54 Å². The van der Waals surface area contributed by atoms with Gasteiger partial charge in [0.25, 0.3) is 0 Å². The summed E-state index contributed by atoms with van der Waals surface area (Å²) in [7, 11) is 0. The van der Waals surface area contributed by atoms with Crippen molar-refractivity contribution in [2.24, 2.45) is 0 Å². The van der Waals surface area contributed by atoms with Crippen LogP contribution >= 0.6 is 23.1 Å². The molecule has 1 aromatic heterocycles. The number of hydrogen-bond acceptors (Lipinski definition) is 4. The van der Waals surface area contributed by atoms with Crippen molar-refractivity contribution in [3.8, 4) is 0 Å². The highest BCUT2D eigenvalue weighted by Gasteiger charge is 2.20. The van der Waals surface area contributed by atoms with Crippen LogP contribution in [-0.4, -0.2) is 41.6 Å². The molecule has 2 unspecified atom stereocenters. The van der Waals surface area contributed by atoms with Gasteiger partial charge in [-0.25, -0.2) is 0 Å². The van der Waals surface area contributed by atoms with Gasteiger partial charge in [0.05, 0.1) is 0 Å². The number of thiophene rings is 1. The Kier molecular flexibility index (Phi) is 5.35. The van der Waals surface area contributed by atoms with Crippen LogP contribution in [0, 0.1) is 0 Å². The predicted molar refractivity (Wildman–Crippen MR) is 79.0 cm³/mol. The number of hydrogen-bond donors (Lipinski definition) is 1. The lowest BCUT2D eigenvalue weighted by Crippen LogP contribution is -2.46. The summed E-state index contributed by atoms with van der Waals surface area (Å²) >= 11 is 3.93. The van der Waals surface area contributed by atoms with Gasteiger partial charge in [0.15, 0.2) is 0 Å². The van der Waals surface area contributed by atoms with Gasteiger partial charge in [-0.15, -0.1) is 11.3 Å². The van der Waals surface area contributed by atoms with Crippen molar-refractivity contribution in [2.75, 3.05) is 25.4 Å². The van der Waals surface area contributed by atoms with Crippen LogP contribution in [0.3, 0.4) is 0 Å². The van der Waals surface area contributed by atoms with Gasteiger partial charge in [-0.1, -0.05) is 13.0 Å². The minimum Gasteiger partial charge on any atom is -0.310 e. The quantitative estimate of drug-likeness (QED) is 0.885. The number of rotatable bonds is 5. The maximum Gasteiger partial charge on any atom is 0.0300 e. The lowest BCUT2D eigenvalue weighted by Gasteiger charge is -2.35. The number of nitrogens with zero attached hydrogens (tertiary/aromatic N) is 1. The van der Waals surface area contributed by atoms with Gasteiger partial charge in [0.1, 0.15) is 0 Å². The Bertz CT molecular complexity index is 313. The second kappa shape index (κ2) is 6.78. The molecule has 0 aromatic carbocycles. The maximum atomic E-state index is 3.56. The molecule has 0 saturated carbocycles. The fraction of sp³-hybridized carbons (Fsp3) is 0.692. The molecule has 1 aliphatic rings. The standard InChI is InChI=1S/C13H22N2S2/c1-11(15-5-7-16-12(2)10-15)8-14-9-13-4-3-6-17-13/h3-4,6,11-12,14H,5,7-10H2,1-2H3. The third kappa shape index (κ3) is 4.28. The van der Waals surface area contributed by atoms with Crippen molar-refractivity contribution in [3.63, 3.8) is 0 Å². The van der Waals surface area contributed by atoms with Crippen LogP contribution in [0.4, 0.5) is 0 Å². The first kappa shape index (κ1) is 13.4. The summed E-state index contributed by atoms with van der Waals surface area (Å²) in [6.07, 6.45) is 0. The van der Waals surface area contributed by atoms with E-state index in [0.29, 0.717) is 6.04 Å². The first-order valence-corrected chi connectivity index (χ1v) is 8.27. The summed E-state index contributed by atoms with van der Waals surface area (Å²) in [5.41, 5.74) is 0. The van der Waals surface area contributed by atoms with Crippen LogP contribution < -0.4 is 5.32 Å². The summed E-state index contributed by atoms with van der Waals surface area (Å²) in [6, 6.07) is 4.97. The highest BCUT2D eigenvalue weighted by atomic mass is 32.2. The molecular weight excluding hydrogens is 248 g/mol. The lowest BCUT2D eigenvalue weighted by atomic mass is 10.2. The highest BCUT2D eigenvalue weighted by molar-refractivity contribution is 7.99. The minimum atomic E-state index is 0.651. The Morgan fingerprint density at radius 3 is 3.18 bits per heavy atom. The fourth-order valence-electron chi connectivity index (χ4n) is 2.19. The molecule has 1 saturated heterocycles. The Morgan fingerprint density at radius 1 is 1.59 bits per heavy atom. The maximum absolute atomic E-state index is 3.56. The lowest BCUT2D eigenvalue weighted by molar-refractivity contribution is 0.213. The molecule has 96 valence electrons. The largest absolute Gasteiger partial charge is 0.310 e. The zero-order valence-corrected chi connectivity index (χ0v) is 12.3. The smallest absolute Gasteiger partial charge is 0.0300 e. The van der Waals surface area contributed by atoms with Gasteiger partial charge >= 0.3 is 0 Å². The topological polar surface area (TPSA) is 15.3 Å². The molecule has 2 heterocycles. The molecule has 0 aliphatic carbocycles. The van der Waals surface area contributed by atoms with E-state index in [0.717, 1.165) is 18.3 Å². The molecule has 0 radical (unpaired) electrons. The fourth-order valence-corrected chi connectivity index (χ4v) is 3.91. The Morgan fingerprint density at radius 2 is 2.47 bits per heavy atom. The third-order valence-electron chi connectivity index (χ3n) is 3.21. The molecule has 2 atom stereocenters. The van der Waals surface area contributed by atoms with Gasteiger partial charge < -0.3 is 5.32 Å². The zero-order chi connectivity index (χ0) is 12.1. The van der Waals surface area contributed by atoms with Gasteiger partial charge in [0.2, 0.25) is 0 Å². The molecule has 2 nitrogen and oxygen atoms in total. The SMILES string of the molecule is CC1CN(C(C)CNCc2cccs2)CCS1. The Labute approximate surface area is 113 Å². The van der Waals surface area contributed by atoms with E-state index < -0.39 is 0 Å². The van der Waals surface area contributed by atoms with Crippen LogP contribution in [0.5, 0.6) is 0 Å². The first-order chi connectivity index (χ1) is 8.25. The summed E-state index contributed by atoms with van der Waals surface area (Å²) in [5, 5.41) is 6.50. The van der Waals surface area contributed by atoms with E-state index in [1.807, 2.05) is 11.3 Å². The van der Waals surface area contributed by atoms with Gasteiger partial charge in [-0.3, -0.25) is 4.90 Å². The van der Waals surface area contributed by atoms with Crippen molar-refractivity contribution in [2.45, 2.75) is 31.7 Å². The van der Waals surface area contributed by atoms with E-state index in [1.54, 1.807) is 0 Å². The van der Waals surface area contributed by atoms with Crippen molar-refractivity contribution < 1.29 is 0 Å². The van der Waals surface area contributed by atoms with E-state index in [2.05, 4.69) is 53.3 Å². The minimum absolute atomic E-state index is 0.651. The van der Waals surface area contributed by atoms with Crippen molar-refractivity contribution in [1.82, 2.24) is 10.2 Å². The second-order valence-corrected chi connectivity index (χ2v) is 7.31. The molecule has 4 heteroatoms. The molecule has 0 bridgehead atoms. The molecule has 2 rings (SSSR count). The van der Waals surface area contributed by atoms with Crippen molar-refractivity contribution in [1.29, 1.82) is 0 Å². The molecule has 1 N–H and O–H groups in total. The Hall–Kier alpha value is -0.0300. The van der Waals surface area contributed by atoms with Gasteiger partial charge in [0, 0.05) is 48.1 Å². The molecular formula is C13H22N2S2. The monoisotopic (exact) mass is 270 g/mol. The van der Waals surface area contributed by atoms with Crippen LogP contribution in [0.2, 0.25) is 0 Å². The van der Waals surface area contributed by atoms with Crippen LogP contribution in [0.1, 0.15) is 18.7 Å². The van der Waals surface area contributed by atoms with Crippen molar-refractivity contribution in [3.05, 3.63) is 22.4 Å². The molecule has 1 aromatic rings. The molecule has 1 aliphatic heterocycles. The van der Waals surface area contributed by atoms with E-state index in [9.17, 15) is 0 Å². The summed E-state index contributed by atoms with van der Waals surface area (Å²) in [6.45, 7) is 9.27. The second-order valence-electron chi connectivity index (χ2n) is 4.74. The van der Waals surface area contributed by atoms with E-state index in [4.69, 9.17) is 0 Å². The average molecular weight is 270 g/mol. The first-order valence-electron chi connectivity index (χ1n) is 6.34. The zero-order valence-electron chi connectivity index (χ0n) is 10.7. The van der Waals surface area contributed by atoms with Gasteiger partial charge in [-0.2, -0.15) is 11.8 Å². The molecule has 17 heavy (non-hydrogen) atoms. The van der Waals surface area contributed by atoms with Crippen molar-refractivity contribution >= 4 is 23.1 Å². The average Bonchev–Trinajstić information content (AvgIpc) is 2.82. The third-order valence-corrected chi connectivity index (χ3v) is 5.23. The summed E-state index contributed by atoms with van der Waals surface area (Å²) < 4.78 is 0. The van der Waals surface area contributed by atoms with E-state index >= 15 is 0 Å². The van der Waals surface area contributed by atoms with Crippen LogP contribution in [0.15, 0.2) is 17.5 Å². The number of nitrogens with one attached hydrogen (secondary N) is 1. The van der Waals surface area contributed by atoms with Gasteiger partial charge in [-0.05, 0) is 18.4 Å². The van der Waals surface area contributed by atoms with Crippen LogP contribution in [0.25, 0.3) is 0 Å².